The molecule has 102 valence electrons. The van der Waals surface area contributed by atoms with E-state index in [0.29, 0.717) is 13.0 Å². The zero-order chi connectivity index (χ0) is 13.7. The Labute approximate surface area is 106 Å². The van der Waals surface area contributed by atoms with Crippen molar-refractivity contribution in [1.82, 2.24) is 10.2 Å². The fourth-order valence-corrected chi connectivity index (χ4v) is 2.10. The van der Waals surface area contributed by atoms with Crippen molar-refractivity contribution in [2.45, 2.75) is 38.3 Å². The number of amides is 3. The van der Waals surface area contributed by atoms with E-state index in [-0.39, 0.29) is 5.91 Å². The van der Waals surface area contributed by atoms with Crippen molar-refractivity contribution < 1.29 is 19.1 Å². The zero-order valence-electron chi connectivity index (χ0n) is 10.6. The van der Waals surface area contributed by atoms with Gasteiger partial charge in [0.1, 0.15) is 12.1 Å². The van der Waals surface area contributed by atoms with E-state index < -0.39 is 24.1 Å². The molecule has 2 unspecified atom stereocenters. The summed E-state index contributed by atoms with van der Waals surface area (Å²) in [5.41, 5.74) is 4.97. The first-order chi connectivity index (χ1) is 8.47. The molecule has 3 amide bonds. The molecule has 0 radical (unpaired) electrons. The minimum Gasteiger partial charge on any atom is -0.467 e. The number of nitrogens with zero attached hydrogens (tertiary/aromatic N) is 1. The molecule has 0 saturated carbocycles. The minimum absolute atomic E-state index is 0.316. The van der Waals surface area contributed by atoms with E-state index in [9.17, 15) is 14.4 Å². The number of esters is 1. The van der Waals surface area contributed by atoms with Gasteiger partial charge in [-0.3, -0.25) is 4.79 Å². The van der Waals surface area contributed by atoms with Crippen LogP contribution in [0.25, 0.3) is 0 Å². The second-order valence-electron chi connectivity index (χ2n) is 4.30. The Bertz CT molecular complexity index is 345. The molecule has 3 N–H and O–H groups in total. The molecule has 18 heavy (non-hydrogen) atoms. The van der Waals surface area contributed by atoms with Crippen LogP contribution in [0.2, 0.25) is 0 Å². The molecule has 7 nitrogen and oxygen atoms in total. The molecule has 1 heterocycles. The van der Waals surface area contributed by atoms with Crippen molar-refractivity contribution >= 4 is 17.9 Å². The smallest absolute Gasteiger partial charge is 0.328 e. The first-order valence-electron chi connectivity index (χ1n) is 5.91. The van der Waals surface area contributed by atoms with Gasteiger partial charge in [0, 0.05) is 6.54 Å². The molecule has 0 bridgehead atoms. The molecular weight excluding hydrogens is 238 g/mol. The zero-order valence-corrected chi connectivity index (χ0v) is 10.6. The number of hydrogen-bond donors (Lipinski definition) is 2. The van der Waals surface area contributed by atoms with Crippen LogP contribution in [0.1, 0.15) is 26.2 Å². The maximum Gasteiger partial charge on any atom is 0.328 e. The molecule has 0 aromatic carbocycles. The summed E-state index contributed by atoms with van der Waals surface area (Å²) in [6.45, 7) is 2.03. The van der Waals surface area contributed by atoms with Gasteiger partial charge in [-0.1, -0.05) is 0 Å². The first kappa shape index (κ1) is 14.3. The van der Waals surface area contributed by atoms with Crippen LogP contribution in [-0.2, 0) is 14.3 Å². The summed E-state index contributed by atoms with van der Waals surface area (Å²) in [6.07, 6.45) is 2.30. The van der Waals surface area contributed by atoms with Gasteiger partial charge in [-0.25, -0.2) is 9.59 Å². The van der Waals surface area contributed by atoms with E-state index in [4.69, 9.17) is 5.73 Å². The monoisotopic (exact) mass is 257 g/mol. The molecule has 1 rings (SSSR count). The van der Waals surface area contributed by atoms with Gasteiger partial charge in [0.2, 0.25) is 5.91 Å². The third kappa shape index (κ3) is 3.35. The summed E-state index contributed by atoms with van der Waals surface area (Å²) in [7, 11) is 1.30. The number of piperidine rings is 1. The second kappa shape index (κ2) is 6.23. The maximum absolute atomic E-state index is 12.1. The Morgan fingerprint density at radius 1 is 1.39 bits per heavy atom. The Morgan fingerprint density at radius 3 is 2.61 bits per heavy atom. The third-order valence-electron chi connectivity index (χ3n) is 2.99. The third-order valence-corrected chi connectivity index (χ3v) is 2.99. The molecule has 0 aliphatic carbocycles. The predicted molar refractivity (Wildman–Crippen MR) is 63.5 cm³/mol. The van der Waals surface area contributed by atoms with Crippen LogP contribution >= 0.6 is 0 Å². The average Bonchev–Trinajstić information content (AvgIpc) is 2.36. The summed E-state index contributed by atoms with van der Waals surface area (Å²) in [5, 5.41) is 2.31. The van der Waals surface area contributed by atoms with Crippen molar-refractivity contribution in [2.75, 3.05) is 13.7 Å². The fourth-order valence-electron chi connectivity index (χ4n) is 2.10. The lowest BCUT2D eigenvalue weighted by Gasteiger charge is -2.35. The molecule has 1 aliphatic heterocycles. The maximum atomic E-state index is 12.1. The molecule has 1 saturated heterocycles. The molecule has 0 aromatic rings. The number of carbonyl (C=O) groups excluding carboxylic acids is 3. The van der Waals surface area contributed by atoms with Crippen molar-refractivity contribution in [3.8, 4) is 0 Å². The van der Waals surface area contributed by atoms with Crippen LogP contribution < -0.4 is 11.1 Å². The van der Waals surface area contributed by atoms with E-state index in [1.54, 1.807) is 0 Å². The quantitative estimate of drug-likeness (QED) is 0.671. The number of methoxy groups -OCH3 is 1. The SMILES string of the molecule is COC(=O)C1CCCCN1C(=O)C(C)NC(N)=O. The topological polar surface area (TPSA) is 102 Å². The number of rotatable bonds is 3. The number of carbonyl (C=O) groups is 3. The molecule has 0 spiro atoms. The highest BCUT2D eigenvalue weighted by atomic mass is 16.5. The molecule has 0 aromatic heterocycles. The van der Waals surface area contributed by atoms with Crippen LogP contribution in [0.5, 0.6) is 0 Å². The van der Waals surface area contributed by atoms with Gasteiger partial charge < -0.3 is 20.7 Å². The predicted octanol–water partition coefficient (Wildman–Crippen LogP) is -0.403. The largest absolute Gasteiger partial charge is 0.467 e. The standard InChI is InChI=1S/C11H19N3O4/c1-7(13-11(12)17)9(15)14-6-4-3-5-8(14)10(16)18-2/h7-8H,3-6H2,1-2H3,(H3,12,13,17). The van der Waals surface area contributed by atoms with Gasteiger partial charge in [0.05, 0.1) is 7.11 Å². The normalized spacial score (nSPS) is 21.0. The summed E-state index contributed by atoms with van der Waals surface area (Å²) in [4.78, 5) is 35.9. The molecule has 1 aliphatic rings. The van der Waals surface area contributed by atoms with Crippen LogP contribution in [0.3, 0.4) is 0 Å². The Hall–Kier alpha value is -1.79. The Kier molecular flexibility index (Phi) is 4.94. The van der Waals surface area contributed by atoms with Crippen LogP contribution in [0.15, 0.2) is 0 Å². The number of ether oxygens (including phenoxy) is 1. The van der Waals surface area contributed by atoms with Gasteiger partial charge >= 0.3 is 12.0 Å². The van der Waals surface area contributed by atoms with Gasteiger partial charge in [-0.15, -0.1) is 0 Å². The van der Waals surface area contributed by atoms with E-state index in [2.05, 4.69) is 10.1 Å². The summed E-state index contributed by atoms with van der Waals surface area (Å²) in [5.74, 6) is -0.738. The van der Waals surface area contributed by atoms with E-state index in [1.807, 2.05) is 0 Å². The average molecular weight is 257 g/mol. The number of nitrogens with two attached hydrogens (primary N) is 1. The molecule has 1 fully saturated rings. The fraction of sp³-hybridized carbons (Fsp3) is 0.727. The number of primary amides is 1. The van der Waals surface area contributed by atoms with E-state index >= 15 is 0 Å². The highest BCUT2D eigenvalue weighted by Gasteiger charge is 2.34. The van der Waals surface area contributed by atoms with Crippen molar-refractivity contribution in [1.29, 1.82) is 0 Å². The lowest BCUT2D eigenvalue weighted by Crippen LogP contribution is -2.55. The molecular formula is C11H19N3O4. The van der Waals surface area contributed by atoms with Crippen LogP contribution in [0, 0.1) is 0 Å². The highest BCUT2D eigenvalue weighted by molar-refractivity contribution is 5.90. The second-order valence-corrected chi connectivity index (χ2v) is 4.30. The lowest BCUT2D eigenvalue weighted by molar-refractivity contribution is -0.155. The highest BCUT2D eigenvalue weighted by Crippen LogP contribution is 2.19. The van der Waals surface area contributed by atoms with E-state index in [0.717, 1.165) is 12.8 Å². The summed E-state index contributed by atoms with van der Waals surface area (Å²) in [6, 6.07) is -2.07. The van der Waals surface area contributed by atoms with Crippen LogP contribution in [-0.4, -0.2) is 48.5 Å². The summed E-state index contributed by atoms with van der Waals surface area (Å²) < 4.78 is 4.69. The Morgan fingerprint density at radius 2 is 2.06 bits per heavy atom. The van der Waals surface area contributed by atoms with Gasteiger partial charge in [-0.05, 0) is 26.2 Å². The number of nitrogens with one attached hydrogen (secondary N) is 1. The Balaban J connectivity index is 2.73. The van der Waals surface area contributed by atoms with Crippen molar-refractivity contribution in [3.63, 3.8) is 0 Å². The van der Waals surface area contributed by atoms with Crippen molar-refractivity contribution in [2.24, 2.45) is 5.73 Å². The first-order valence-corrected chi connectivity index (χ1v) is 5.91. The van der Waals surface area contributed by atoms with Crippen LogP contribution in [0.4, 0.5) is 4.79 Å². The molecule has 7 heteroatoms. The number of hydrogen-bond acceptors (Lipinski definition) is 4. The minimum atomic E-state index is -0.762. The van der Waals surface area contributed by atoms with E-state index in [1.165, 1.54) is 18.9 Å². The lowest BCUT2D eigenvalue weighted by atomic mass is 10.0. The van der Waals surface area contributed by atoms with Crippen molar-refractivity contribution in [3.05, 3.63) is 0 Å². The number of urea groups is 1. The van der Waals surface area contributed by atoms with Gasteiger partial charge in [0.25, 0.3) is 0 Å². The van der Waals surface area contributed by atoms with Gasteiger partial charge in [0.15, 0.2) is 0 Å². The number of likely N-dealkylation sites (tertiary alicyclic amines) is 1. The molecule has 2 atom stereocenters. The van der Waals surface area contributed by atoms with Gasteiger partial charge in [-0.2, -0.15) is 0 Å². The summed E-state index contributed by atoms with van der Waals surface area (Å²) >= 11 is 0.